The number of fused-ring (bicyclic) bond motifs is 1. The van der Waals surface area contributed by atoms with Gasteiger partial charge in [-0.3, -0.25) is 5.43 Å². The van der Waals surface area contributed by atoms with Crippen LogP contribution in [-0.2, 0) is 0 Å². The number of nitrogens with zero attached hydrogens (tertiary/aromatic N) is 2. The van der Waals surface area contributed by atoms with Crippen molar-refractivity contribution in [3.63, 3.8) is 0 Å². The first-order chi connectivity index (χ1) is 12.2. The Balaban J connectivity index is 1.78. The van der Waals surface area contributed by atoms with Crippen molar-refractivity contribution in [1.82, 2.24) is 5.43 Å². The van der Waals surface area contributed by atoms with Gasteiger partial charge >= 0.3 is 0 Å². The Labute approximate surface area is 151 Å². The van der Waals surface area contributed by atoms with Crippen molar-refractivity contribution in [2.24, 2.45) is 10.1 Å². The summed E-state index contributed by atoms with van der Waals surface area (Å²) in [4.78, 5) is 5.97. The van der Waals surface area contributed by atoms with Crippen LogP contribution in [0.2, 0.25) is 0 Å². The third-order valence-corrected chi connectivity index (χ3v) is 5.15. The molecular weight excluding hydrogens is 326 g/mol. The number of hydrazone groups is 1. The van der Waals surface area contributed by atoms with Gasteiger partial charge in [0, 0.05) is 11.1 Å². The van der Waals surface area contributed by atoms with Gasteiger partial charge in [0.25, 0.3) is 0 Å². The van der Waals surface area contributed by atoms with Gasteiger partial charge in [-0.25, -0.2) is 4.99 Å². The SMILES string of the molecule is CC(C)c1ccc(C2=Nc3ccccc3C(c3cccs3)=NN2)cc1. The minimum Gasteiger partial charge on any atom is -0.260 e. The fraction of sp³-hybridized carbons (Fsp3) is 0.143. The Morgan fingerprint density at radius 2 is 1.72 bits per heavy atom. The normalized spacial score (nSPS) is 13.6. The van der Waals surface area contributed by atoms with Gasteiger partial charge in [-0.1, -0.05) is 62.4 Å². The Bertz CT molecular complexity index is 936. The lowest BCUT2D eigenvalue weighted by Crippen LogP contribution is -2.19. The summed E-state index contributed by atoms with van der Waals surface area (Å²) in [5, 5.41) is 6.74. The van der Waals surface area contributed by atoms with Crippen LogP contribution in [0, 0.1) is 0 Å². The summed E-state index contributed by atoms with van der Waals surface area (Å²) >= 11 is 1.68. The number of aliphatic imine (C=N–C) groups is 1. The van der Waals surface area contributed by atoms with Gasteiger partial charge in [0.1, 0.15) is 5.71 Å². The highest BCUT2D eigenvalue weighted by Crippen LogP contribution is 2.27. The molecule has 1 aromatic heterocycles. The minimum absolute atomic E-state index is 0.516. The Morgan fingerprint density at radius 1 is 0.920 bits per heavy atom. The predicted octanol–water partition coefficient (Wildman–Crippen LogP) is 5.31. The van der Waals surface area contributed by atoms with Gasteiger partial charge in [-0.05, 0) is 29.0 Å². The molecule has 2 heterocycles. The number of amidine groups is 1. The molecule has 0 saturated heterocycles. The highest BCUT2D eigenvalue weighted by molar-refractivity contribution is 7.12. The molecule has 0 unspecified atom stereocenters. The van der Waals surface area contributed by atoms with Crippen LogP contribution in [0.15, 0.2) is 76.1 Å². The number of benzene rings is 2. The van der Waals surface area contributed by atoms with Crippen molar-refractivity contribution in [3.05, 3.63) is 87.6 Å². The molecule has 0 spiro atoms. The van der Waals surface area contributed by atoms with Crippen LogP contribution < -0.4 is 5.43 Å². The average Bonchev–Trinajstić information content (AvgIpc) is 3.09. The minimum atomic E-state index is 0.516. The number of nitrogens with one attached hydrogen (secondary N) is 1. The second-order valence-electron chi connectivity index (χ2n) is 6.30. The molecule has 3 nitrogen and oxygen atoms in total. The molecule has 4 heteroatoms. The molecule has 0 aliphatic carbocycles. The zero-order chi connectivity index (χ0) is 17.2. The second kappa shape index (κ2) is 6.65. The van der Waals surface area contributed by atoms with Crippen LogP contribution in [0.25, 0.3) is 0 Å². The maximum Gasteiger partial charge on any atom is 0.154 e. The monoisotopic (exact) mass is 345 g/mol. The lowest BCUT2D eigenvalue weighted by molar-refractivity contribution is 0.866. The van der Waals surface area contributed by atoms with Gasteiger partial charge in [-0.2, -0.15) is 5.10 Å². The van der Waals surface area contributed by atoms with E-state index in [1.54, 1.807) is 11.3 Å². The van der Waals surface area contributed by atoms with E-state index >= 15 is 0 Å². The van der Waals surface area contributed by atoms with Crippen LogP contribution in [-0.4, -0.2) is 11.5 Å². The number of para-hydroxylation sites is 1. The maximum atomic E-state index is 4.84. The van der Waals surface area contributed by atoms with E-state index in [4.69, 9.17) is 4.99 Å². The van der Waals surface area contributed by atoms with Gasteiger partial charge in [0.05, 0.1) is 10.6 Å². The zero-order valence-corrected chi connectivity index (χ0v) is 15.0. The molecule has 0 fully saturated rings. The van der Waals surface area contributed by atoms with E-state index in [0.717, 1.165) is 33.2 Å². The Hall–Kier alpha value is -2.72. The van der Waals surface area contributed by atoms with Crippen LogP contribution in [0.3, 0.4) is 0 Å². The summed E-state index contributed by atoms with van der Waals surface area (Å²) < 4.78 is 0. The molecular formula is C21H19N3S. The third kappa shape index (κ3) is 3.13. The third-order valence-electron chi connectivity index (χ3n) is 4.27. The summed E-state index contributed by atoms with van der Waals surface area (Å²) in [6.07, 6.45) is 0. The van der Waals surface area contributed by atoms with E-state index in [2.05, 4.69) is 66.2 Å². The van der Waals surface area contributed by atoms with Crippen LogP contribution >= 0.6 is 11.3 Å². The molecule has 0 amide bonds. The van der Waals surface area contributed by atoms with Crippen molar-refractivity contribution in [2.75, 3.05) is 0 Å². The fourth-order valence-electron chi connectivity index (χ4n) is 2.84. The van der Waals surface area contributed by atoms with E-state index < -0.39 is 0 Å². The highest BCUT2D eigenvalue weighted by atomic mass is 32.1. The zero-order valence-electron chi connectivity index (χ0n) is 14.2. The smallest absolute Gasteiger partial charge is 0.154 e. The maximum absolute atomic E-state index is 4.84. The number of thiophene rings is 1. The van der Waals surface area contributed by atoms with E-state index in [1.165, 1.54) is 5.56 Å². The van der Waals surface area contributed by atoms with Gasteiger partial charge in [0.2, 0.25) is 0 Å². The van der Waals surface area contributed by atoms with E-state index in [0.29, 0.717) is 5.92 Å². The van der Waals surface area contributed by atoms with Crippen molar-refractivity contribution in [2.45, 2.75) is 19.8 Å². The lowest BCUT2D eigenvalue weighted by Gasteiger charge is -2.08. The fourth-order valence-corrected chi connectivity index (χ4v) is 3.57. The van der Waals surface area contributed by atoms with Crippen LogP contribution in [0.5, 0.6) is 0 Å². The molecule has 1 aliphatic heterocycles. The van der Waals surface area contributed by atoms with Crippen molar-refractivity contribution in [1.29, 1.82) is 0 Å². The van der Waals surface area contributed by atoms with Crippen molar-refractivity contribution in [3.8, 4) is 0 Å². The van der Waals surface area contributed by atoms with Gasteiger partial charge < -0.3 is 0 Å². The van der Waals surface area contributed by atoms with Crippen molar-refractivity contribution >= 4 is 28.6 Å². The molecule has 3 aromatic rings. The largest absolute Gasteiger partial charge is 0.260 e. The molecule has 1 aliphatic rings. The van der Waals surface area contributed by atoms with E-state index in [9.17, 15) is 0 Å². The molecule has 124 valence electrons. The standard InChI is InChI=1S/C21H19N3S/c1-14(2)15-9-11-16(12-10-15)21-22-18-7-4-3-6-17(18)20(23-24-21)19-8-5-13-25-19/h3-14H,1-2H3,(H,22,24). The van der Waals surface area contributed by atoms with Gasteiger partial charge in [0.15, 0.2) is 5.84 Å². The molecule has 0 atom stereocenters. The molecule has 4 rings (SSSR count). The molecule has 2 aromatic carbocycles. The summed E-state index contributed by atoms with van der Waals surface area (Å²) in [7, 11) is 0. The summed E-state index contributed by atoms with van der Waals surface area (Å²) in [6, 6.07) is 20.8. The Kier molecular flexibility index (Phi) is 4.20. The number of hydrogen-bond acceptors (Lipinski definition) is 4. The first-order valence-corrected chi connectivity index (χ1v) is 9.26. The number of hydrogen-bond donors (Lipinski definition) is 1. The highest BCUT2D eigenvalue weighted by Gasteiger charge is 2.17. The first-order valence-electron chi connectivity index (χ1n) is 8.38. The second-order valence-corrected chi connectivity index (χ2v) is 7.25. The van der Waals surface area contributed by atoms with Gasteiger partial charge in [-0.15, -0.1) is 11.3 Å². The summed E-state index contributed by atoms with van der Waals surface area (Å²) in [6.45, 7) is 4.40. The van der Waals surface area contributed by atoms with E-state index in [-0.39, 0.29) is 0 Å². The quantitative estimate of drug-likeness (QED) is 0.686. The average molecular weight is 345 g/mol. The van der Waals surface area contributed by atoms with Crippen LogP contribution in [0.1, 0.15) is 41.3 Å². The molecule has 0 saturated carbocycles. The summed E-state index contributed by atoms with van der Waals surface area (Å²) in [5.41, 5.74) is 8.45. The molecule has 1 N–H and O–H groups in total. The molecule has 0 bridgehead atoms. The van der Waals surface area contributed by atoms with Crippen LogP contribution in [0.4, 0.5) is 5.69 Å². The summed E-state index contributed by atoms with van der Waals surface area (Å²) in [5.74, 6) is 1.29. The Morgan fingerprint density at radius 3 is 2.44 bits per heavy atom. The topological polar surface area (TPSA) is 36.8 Å². The van der Waals surface area contributed by atoms with Crippen molar-refractivity contribution < 1.29 is 0 Å². The lowest BCUT2D eigenvalue weighted by atomic mass is 10.0. The first kappa shape index (κ1) is 15.8. The molecule has 0 radical (unpaired) electrons. The molecule has 25 heavy (non-hydrogen) atoms. The van der Waals surface area contributed by atoms with E-state index in [1.807, 2.05) is 24.3 Å². The predicted molar refractivity (Wildman–Crippen MR) is 106 cm³/mol. The number of rotatable bonds is 3.